The molecule has 0 aliphatic carbocycles. The van der Waals surface area contributed by atoms with Gasteiger partial charge in [-0.1, -0.05) is 36.1 Å². The molecule has 7 heteroatoms. The van der Waals surface area contributed by atoms with Crippen LogP contribution in [-0.2, 0) is 9.59 Å². The van der Waals surface area contributed by atoms with Crippen LogP contribution in [0.1, 0.15) is 0 Å². The van der Waals surface area contributed by atoms with Crippen molar-refractivity contribution in [3.63, 3.8) is 0 Å². The molecular weight excluding hydrogens is 300 g/mol. The molecule has 1 aromatic carbocycles. The molecule has 0 radical (unpaired) electrons. The highest BCUT2D eigenvalue weighted by Gasteiger charge is 2.45. The molecule has 19 heavy (non-hydrogen) atoms. The number of carbonyl (C=O) groups is 2. The summed E-state index contributed by atoms with van der Waals surface area (Å²) in [6, 6.07) is 7.59. The summed E-state index contributed by atoms with van der Waals surface area (Å²) in [5, 5.41) is 1.98. The summed E-state index contributed by atoms with van der Waals surface area (Å²) in [7, 11) is 1.65. The second-order valence-corrected chi connectivity index (χ2v) is 7.18. The number of rotatable bonds is 1. The van der Waals surface area contributed by atoms with Gasteiger partial charge in [-0.25, -0.2) is 0 Å². The molecule has 2 aliphatic heterocycles. The van der Waals surface area contributed by atoms with Gasteiger partial charge >= 0.3 is 0 Å². The van der Waals surface area contributed by atoms with Crippen LogP contribution in [0.4, 0.5) is 5.69 Å². The number of para-hydroxylation sites is 1. The van der Waals surface area contributed by atoms with E-state index in [-0.39, 0.29) is 11.8 Å². The van der Waals surface area contributed by atoms with Crippen LogP contribution in [-0.4, -0.2) is 38.6 Å². The molecule has 2 aliphatic rings. The van der Waals surface area contributed by atoms with E-state index in [1.54, 1.807) is 7.05 Å². The van der Waals surface area contributed by atoms with E-state index in [0.29, 0.717) is 4.32 Å². The normalized spacial score (nSPS) is 26.4. The second-order valence-electron chi connectivity index (χ2n) is 4.23. The van der Waals surface area contributed by atoms with E-state index in [2.05, 4.69) is 5.32 Å². The summed E-state index contributed by atoms with van der Waals surface area (Å²) in [6.07, 6.45) is 0. The Balaban J connectivity index is 1.90. The first-order valence-electron chi connectivity index (χ1n) is 5.62. The molecule has 0 saturated carbocycles. The summed E-state index contributed by atoms with van der Waals surface area (Å²) < 4.78 is 0.530. The Kier molecular flexibility index (Phi) is 3.28. The Labute approximate surface area is 124 Å². The van der Waals surface area contributed by atoms with E-state index in [9.17, 15) is 9.59 Å². The highest BCUT2D eigenvalue weighted by atomic mass is 32.2. The fraction of sp³-hybridized carbons (Fsp3) is 0.250. The predicted octanol–water partition coefficient (Wildman–Crippen LogP) is 1.96. The SMILES string of the molecule is CN1C(=O)[C@@H]([C@@H]2Sc3ccccc3NC2=O)SC1=S. The third-order valence-electron chi connectivity index (χ3n) is 3.01. The van der Waals surface area contributed by atoms with Gasteiger partial charge in [-0.2, -0.15) is 0 Å². The molecule has 1 saturated heterocycles. The predicted molar refractivity (Wildman–Crippen MR) is 81.5 cm³/mol. The van der Waals surface area contributed by atoms with E-state index in [1.807, 2.05) is 24.3 Å². The van der Waals surface area contributed by atoms with Crippen LogP contribution in [0.15, 0.2) is 29.2 Å². The number of benzene rings is 1. The Morgan fingerprint density at radius 3 is 2.63 bits per heavy atom. The molecule has 0 aromatic heterocycles. The Bertz CT molecular complexity index is 590. The number of nitrogens with zero attached hydrogens (tertiary/aromatic N) is 1. The maximum atomic E-state index is 12.1. The molecule has 1 N–H and O–H groups in total. The molecule has 1 fully saturated rings. The van der Waals surface area contributed by atoms with Crippen molar-refractivity contribution < 1.29 is 9.59 Å². The fourth-order valence-corrected chi connectivity index (χ4v) is 4.76. The lowest BCUT2D eigenvalue weighted by atomic mass is 10.2. The minimum absolute atomic E-state index is 0.0953. The van der Waals surface area contributed by atoms with Crippen molar-refractivity contribution in [2.24, 2.45) is 0 Å². The zero-order valence-corrected chi connectivity index (χ0v) is 12.4. The van der Waals surface area contributed by atoms with Crippen molar-refractivity contribution in [1.29, 1.82) is 0 Å². The summed E-state index contributed by atoms with van der Waals surface area (Å²) in [6.45, 7) is 0. The number of fused-ring (bicyclic) bond motifs is 1. The second kappa shape index (κ2) is 4.81. The van der Waals surface area contributed by atoms with Gasteiger partial charge in [0, 0.05) is 11.9 Å². The fourth-order valence-electron chi connectivity index (χ4n) is 1.98. The maximum absolute atomic E-state index is 12.1. The first-order chi connectivity index (χ1) is 9.08. The largest absolute Gasteiger partial charge is 0.324 e. The number of hydrogen-bond donors (Lipinski definition) is 1. The summed E-state index contributed by atoms with van der Waals surface area (Å²) in [4.78, 5) is 26.7. The van der Waals surface area contributed by atoms with Gasteiger partial charge in [0.25, 0.3) is 0 Å². The smallest absolute Gasteiger partial charge is 0.243 e. The van der Waals surface area contributed by atoms with Crippen LogP contribution in [0.5, 0.6) is 0 Å². The number of nitrogens with one attached hydrogen (secondary N) is 1. The summed E-state index contributed by atoms with van der Waals surface area (Å²) in [5.74, 6) is -0.227. The standard InChI is InChI=1S/C12H10N2O2S3/c1-14-11(16)9(19-12(14)17)8-10(15)13-6-4-2-3-5-7(6)18-8/h2-5,8-9H,1H3,(H,13,15)/t8-,9+/m0/s1. The number of amides is 2. The first kappa shape index (κ1) is 13.0. The Morgan fingerprint density at radius 2 is 1.95 bits per heavy atom. The van der Waals surface area contributed by atoms with E-state index in [1.165, 1.54) is 28.4 Å². The molecule has 98 valence electrons. The van der Waals surface area contributed by atoms with E-state index in [0.717, 1.165) is 10.6 Å². The molecule has 0 spiro atoms. The van der Waals surface area contributed by atoms with Gasteiger partial charge < -0.3 is 5.32 Å². The van der Waals surface area contributed by atoms with Gasteiger partial charge in [0.15, 0.2) is 0 Å². The lowest BCUT2D eigenvalue weighted by molar-refractivity contribution is -0.127. The van der Waals surface area contributed by atoms with Crippen molar-refractivity contribution in [2.45, 2.75) is 15.4 Å². The van der Waals surface area contributed by atoms with Crippen LogP contribution in [0.2, 0.25) is 0 Å². The number of carbonyl (C=O) groups excluding carboxylic acids is 2. The highest BCUT2D eigenvalue weighted by molar-refractivity contribution is 8.24. The van der Waals surface area contributed by atoms with Crippen molar-refractivity contribution in [3.8, 4) is 0 Å². The highest BCUT2D eigenvalue weighted by Crippen LogP contribution is 2.42. The molecule has 3 rings (SSSR count). The Morgan fingerprint density at radius 1 is 1.21 bits per heavy atom. The van der Waals surface area contributed by atoms with Crippen LogP contribution < -0.4 is 5.32 Å². The quantitative estimate of drug-likeness (QED) is 0.804. The lowest BCUT2D eigenvalue weighted by Crippen LogP contribution is -2.41. The third kappa shape index (κ3) is 2.15. The van der Waals surface area contributed by atoms with Crippen molar-refractivity contribution in [1.82, 2.24) is 4.90 Å². The van der Waals surface area contributed by atoms with Gasteiger partial charge in [-0.15, -0.1) is 11.8 Å². The number of thioether (sulfide) groups is 2. The van der Waals surface area contributed by atoms with Crippen molar-refractivity contribution in [3.05, 3.63) is 24.3 Å². The molecule has 4 nitrogen and oxygen atoms in total. The van der Waals surface area contributed by atoms with E-state index >= 15 is 0 Å². The number of thiocarbonyl (C=S) groups is 1. The van der Waals surface area contributed by atoms with Gasteiger partial charge in [0.2, 0.25) is 11.8 Å². The van der Waals surface area contributed by atoms with Crippen LogP contribution >= 0.6 is 35.7 Å². The molecule has 0 bridgehead atoms. The number of hydrogen-bond acceptors (Lipinski definition) is 5. The first-order valence-corrected chi connectivity index (χ1v) is 7.79. The van der Waals surface area contributed by atoms with Gasteiger partial charge in [0.1, 0.15) is 14.8 Å². The van der Waals surface area contributed by atoms with Crippen LogP contribution in [0.25, 0.3) is 0 Å². The average molecular weight is 310 g/mol. The topological polar surface area (TPSA) is 49.4 Å². The van der Waals surface area contributed by atoms with Crippen LogP contribution in [0, 0.1) is 0 Å². The van der Waals surface area contributed by atoms with E-state index < -0.39 is 10.5 Å². The lowest BCUT2D eigenvalue weighted by Gasteiger charge is -2.26. The molecule has 2 amide bonds. The minimum Gasteiger partial charge on any atom is -0.324 e. The van der Waals surface area contributed by atoms with Gasteiger partial charge in [-0.3, -0.25) is 14.5 Å². The zero-order chi connectivity index (χ0) is 13.6. The molecule has 0 unspecified atom stereocenters. The van der Waals surface area contributed by atoms with E-state index in [4.69, 9.17) is 12.2 Å². The minimum atomic E-state index is -0.435. The molecular formula is C12H10N2O2S3. The zero-order valence-electron chi connectivity index (χ0n) is 9.95. The molecule has 1 aromatic rings. The van der Waals surface area contributed by atoms with Crippen molar-refractivity contribution >= 4 is 57.6 Å². The monoisotopic (exact) mass is 310 g/mol. The number of anilines is 1. The molecule has 2 heterocycles. The molecule has 2 atom stereocenters. The van der Waals surface area contributed by atoms with Crippen molar-refractivity contribution in [2.75, 3.05) is 12.4 Å². The summed E-state index contributed by atoms with van der Waals surface area (Å²) >= 11 is 7.83. The van der Waals surface area contributed by atoms with Gasteiger partial charge in [0.05, 0.1) is 5.69 Å². The summed E-state index contributed by atoms with van der Waals surface area (Å²) in [5.41, 5.74) is 0.806. The van der Waals surface area contributed by atoms with Gasteiger partial charge in [-0.05, 0) is 12.1 Å². The Hall–Kier alpha value is -1.05. The average Bonchev–Trinajstić information content (AvgIpc) is 2.66. The van der Waals surface area contributed by atoms with Crippen LogP contribution in [0.3, 0.4) is 0 Å². The maximum Gasteiger partial charge on any atom is 0.243 e. The third-order valence-corrected chi connectivity index (χ3v) is 6.30.